The summed E-state index contributed by atoms with van der Waals surface area (Å²) in [5.74, 6) is -0.973. The number of carboxylic acid groups (broad SMARTS) is 1. The SMILES string of the molecule is O=C(O)c1ccc(CON=Cc2cn(Cc3ccccc3)c3ccccc23)cc1Br. The molecule has 4 rings (SSSR count). The Labute approximate surface area is 182 Å². The van der Waals surface area contributed by atoms with E-state index in [1.54, 1.807) is 24.4 Å². The number of aromatic nitrogens is 1. The van der Waals surface area contributed by atoms with Gasteiger partial charge in [-0.15, -0.1) is 0 Å². The molecular formula is C24H19BrN2O3. The zero-order valence-corrected chi connectivity index (χ0v) is 17.6. The second-order valence-corrected chi connectivity index (χ2v) is 7.70. The van der Waals surface area contributed by atoms with Crippen LogP contribution >= 0.6 is 15.9 Å². The van der Waals surface area contributed by atoms with Gasteiger partial charge in [-0.2, -0.15) is 0 Å². The van der Waals surface area contributed by atoms with Gasteiger partial charge < -0.3 is 14.5 Å². The van der Waals surface area contributed by atoms with E-state index >= 15 is 0 Å². The highest BCUT2D eigenvalue weighted by Gasteiger charge is 2.09. The highest BCUT2D eigenvalue weighted by atomic mass is 79.9. The molecule has 150 valence electrons. The summed E-state index contributed by atoms with van der Waals surface area (Å²) in [6, 6.07) is 23.5. The Morgan fingerprint density at radius 1 is 1.03 bits per heavy atom. The second-order valence-electron chi connectivity index (χ2n) is 6.84. The van der Waals surface area contributed by atoms with Gasteiger partial charge in [0.2, 0.25) is 0 Å². The zero-order chi connectivity index (χ0) is 20.9. The molecule has 0 bridgehead atoms. The Hall–Kier alpha value is -3.38. The first-order chi connectivity index (χ1) is 14.6. The first-order valence-corrected chi connectivity index (χ1v) is 10.2. The molecular weight excluding hydrogens is 444 g/mol. The summed E-state index contributed by atoms with van der Waals surface area (Å²) < 4.78 is 2.72. The fourth-order valence-electron chi connectivity index (χ4n) is 3.32. The van der Waals surface area contributed by atoms with Gasteiger partial charge in [0.05, 0.1) is 11.8 Å². The lowest BCUT2D eigenvalue weighted by atomic mass is 10.1. The molecule has 3 aromatic carbocycles. The normalized spacial score (nSPS) is 11.2. The standard InChI is InChI=1S/C24H19BrN2O3/c25-22-12-18(10-11-21(22)24(28)29)16-30-26-13-19-15-27(14-17-6-2-1-3-7-17)23-9-5-4-8-20(19)23/h1-13,15H,14,16H2,(H,28,29). The van der Waals surface area contributed by atoms with Crippen LogP contribution in [0.4, 0.5) is 0 Å². The van der Waals surface area contributed by atoms with Gasteiger partial charge in [0.15, 0.2) is 0 Å². The molecule has 0 aliphatic heterocycles. The average Bonchev–Trinajstić information content (AvgIpc) is 3.09. The smallest absolute Gasteiger partial charge is 0.336 e. The number of halogens is 1. The van der Waals surface area contributed by atoms with Gasteiger partial charge in [-0.1, -0.05) is 59.8 Å². The van der Waals surface area contributed by atoms with Gasteiger partial charge in [0, 0.05) is 33.7 Å². The second kappa shape index (κ2) is 8.97. The van der Waals surface area contributed by atoms with E-state index in [0.29, 0.717) is 4.47 Å². The summed E-state index contributed by atoms with van der Waals surface area (Å²) in [6.45, 7) is 1.03. The third kappa shape index (κ3) is 4.44. The molecule has 1 aromatic heterocycles. The molecule has 0 aliphatic rings. The molecule has 0 radical (unpaired) electrons. The van der Waals surface area contributed by atoms with E-state index in [2.05, 4.69) is 56.1 Å². The minimum absolute atomic E-state index is 0.216. The fourth-order valence-corrected chi connectivity index (χ4v) is 3.91. The van der Waals surface area contributed by atoms with Crippen molar-refractivity contribution in [2.24, 2.45) is 5.16 Å². The van der Waals surface area contributed by atoms with Crippen LogP contribution in [-0.4, -0.2) is 21.9 Å². The number of hydrogen-bond acceptors (Lipinski definition) is 3. The first-order valence-electron chi connectivity index (χ1n) is 9.40. The van der Waals surface area contributed by atoms with E-state index in [9.17, 15) is 4.79 Å². The van der Waals surface area contributed by atoms with Crippen molar-refractivity contribution in [3.63, 3.8) is 0 Å². The van der Waals surface area contributed by atoms with Crippen LogP contribution in [0.25, 0.3) is 10.9 Å². The summed E-state index contributed by atoms with van der Waals surface area (Å²) in [5, 5.41) is 14.3. The van der Waals surface area contributed by atoms with Crippen LogP contribution in [0.2, 0.25) is 0 Å². The van der Waals surface area contributed by atoms with E-state index in [4.69, 9.17) is 9.94 Å². The van der Waals surface area contributed by atoms with Gasteiger partial charge in [0.1, 0.15) is 6.61 Å². The lowest BCUT2D eigenvalue weighted by Crippen LogP contribution is -1.98. The third-order valence-electron chi connectivity index (χ3n) is 4.78. The number of hydrogen-bond donors (Lipinski definition) is 1. The first kappa shape index (κ1) is 19.9. The molecule has 1 heterocycles. The lowest BCUT2D eigenvalue weighted by molar-refractivity contribution is 0.0695. The topological polar surface area (TPSA) is 63.8 Å². The molecule has 0 saturated carbocycles. The van der Waals surface area contributed by atoms with Crippen LogP contribution < -0.4 is 0 Å². The minimum Gasteiger partial charge on any atom is -0.478 e. The van der Waals surface area contributed by atoms with Crippen LogP contribution in [0.15, 0.2) is 88.6 Å². The molecule has 0 atom stereocenters. The van der Waals surface area contributed by atoms with Crippen molar-refractivity contribution in [1.82, 2.24) is 4.57 Å². The number of benzene rings is 3. The minimum atomic E-state index is -0.973. The highest BCUT2D eigenvalue weighted by Crippen LogP contribution is 2.22. The molecule has 4 aromatic rings. The van der Waals surface area contributed by atoms with Gasteiger partial charge >= 0.3 is 5.97 Å². The van der Waals surface area contributed by atoms with E-state index in [-0.39, 0.29) is 12.2 Å². The van der Waals surface area contributed by atoms with Crippen molar-refractivity contribution < 1.29 is 14.7 Å². The molecule has 0 aliphatic carbocycles. The van der Waals surface area contributed by atoms with Crippen LogP contribution in [0.3, 0.4) is 0 Å². The number of carboxylic acids is 1. The maximum atomic E-state index is 11.1. The van der Waals surface area contributed by atoms with Crippen LogP contribution in [0.1, 0.15) is 27.0 Å². The van der Waals surface area contributed by atoms with Crippen molar-refractivity contribution in [2.75, 3.05) is 0 Å². The monoisotopic (exact) mass is 462 g/mol. The Balaban J connectivity index is 1.49. The number of aromatic carboxylic acids is 1. The Bertz CT molecular complexity index is 1220. The maximum absolute atomic E-state index is 11.1. The van der Waals surface area contributed by atoms with E-state index in [0.717, 1.165) is 28.6 Å². The van der Waals surface area contributed by atoms with Crippen molar-refractivity contribution in [1.29, 1.82) is 0 Å². The number of fused-ring (bicyclic) bond motifs is 1. The fraction of sp³-hybridized carbons (Fsp3) is 0.0833. The molecule has 1 N–H and O–H groups in total. The van der Waals surface area contributed by atoms with Crippen LogP contribution in [0, 0.1) is 0 Å². The number of carbonyl (C=O) groups is 1. The van der Waals surface area contributed by atoms with Crippen LogP contribution in [0.5, 0.6) is 0 Å². The highest BCUT2D eigenvalue weighted by molar-refractivity contribution is 9.10. The van der Waals surface area contributed by atoms with Gasteiger partial charge in [0.25, 0.3) is 0 Å². The number of oxime groups is 1. The maximum Gasteiger partial charge on any atom is 0.336 e. The molecule has 30 heavy (non-hydrogen) atoms. The van der Waals surface area contributed by atoms with Crippen molar-refractivity contribution >= 4 is 39.0 Å². The summed E-state index contributed by atoms with van der Waals surface area (Å²) in [5.41, 5.74) is 4.39. The lowest BCUT2D eigenvalue weighted by Gasteiger charge is -2.05. The third-order valence-corrected chi connectivity index (χ3v) is 5.43. The summed E-state index contributed by atoms with van der Waals surface area (Å²) >= 11 is 3.27. The van der Waals surface area contributed by atoms with E-state index in [1.165, 1.54) is 5.56 Å². The van der Waals surface area contributed by atoms with E-state index < -0.39 is 5.97 Å². The molecule has 0 saturated heterocycles. The molecule has 0 spiro atoms. The molecule has 5 nitrogen and oxygen atoms in total. The quantitative estimate of drug-likeness (QED) is 0.283. The van der Waals surface area contributed by atoms with Crippen LogP contribution in [-0.2, 0) is 18.0 Å². The summed E-state index contributed by atoms with van der Waals surface area (Å²) in [6.07, 6.45) is 3.78. The predicted octanol–water partition coefficient (Wildman–Crippen LogP) is 5.70. The predicted molar refractivity (Wildman–Crippen MR) is 121 cm³/mol. The van der Waals surface area contributed by atoms with Gasteiger partial charge in [-0.3, -0.25) is 0 Å². The van der Waals surface area contributed by atoms with E-state index in [1.807, 2.05) is 30.3 Å². The average molecular weight is 463 g/mol. The Morgan fingerprint density at radius 3 is 2.57 bits per heavy atom. The molecule has 0 unspecified atom stereocenters. The van der Waals surface area contributed by atoms with Crippen molar-refractivity contribution in [2.45, 2.75) is 13.2 Å². The van der Waals surface area contributed by atoms with Gasteiger partial charge in [-0.05, 0) is 45.3 Å². The Morgan fingerprint density at radius 2 is 1.80 bits per heavy atom. The zero-order valence-electron chi connectivity index (χ0n) is 16.0. The molecule has 6 heteroatoms. The van der Waals surface area contributed by atoms with Gasteiger partial charge in [-0.25, -0.2) is 4.79 Å². The molecule has 0 fully saturated rings. The van der Waals surface area contributed by atoms with Crippen molar-refractivity contribution in [3.05, 3.63) is 106 Å². The summed E-state index contributed by atoms with van der Waals surface area (Å²) in [7, 11) is 0. The largest absolute Gasteiger partial charge is 0.478 e. The number of nitrogens with zero attached hydrogens (tertiary/aromatic N) is 2. The number of rotatable bonds is 7. The number of para-hydroxylation sites is 1. The summed E-state index contributed by atoms with van der Waals surface area (Å²) in [4.78, 5) is 16.5. The van der Waals surface area contributed by atoms with Crippen molar-refractivity contribution in [3.8, 4) is 0 Å². The Kier molecular flexibility index (Phi) is 5.95. The molecule has 0 amide bonds.